The van der Waals surface area contributed by atoms with E-state index in [4.69, 9.17) is 5.11 Å². The minimum Gasteiger partial charge on any atom is -0.508 e. The monoisotopic (exact) mass is 231 g/mol. The van der Waals surface area contributed by atoms with Crippen LogP contribution < -0.4 is 5.32 Å². The summed E-state index contributed by atoms with van der Waals surface area (Å²) in [5.74, 6) is 0.301. The lowest BCUT2D eigenvalue weighted by molar-refractivity contribution is 0.475. The molecule has 0 saturated carbocycles. The molecular formula is C13H17N3O. The van der Waals surface area contributed by atoms with Gasteiger partial charge in [-0.25, -0.2) is 0 Å². The number of hydrogen-bond donors (Lipinski definition) is 2. The van der Waals surface area contributed by atoms with E-state index in [9.17, 15) is 0 Å². The van der Waals surface area contributed by atoms with Crippen LogP contribution in [0.15, 0.2) is 36.5 Å². The Hall–Kier alpha value is -1.81. The van der Waals surface area contributed by atoms with Gasteiger partial charge in [0, 0.05) is 25.8 Å². The summed E-state index contributed by atoms with van der Waals surface area (Å²) in [5, 5.41) is 16.9. The molecule has 0 aliphatic heterocycles. The van der Waals surface area contributed by atoms with Crippen molar-refractivity contribution in [1.82, 2.24) is 15.1 Å². The molecule has 0 aliphatic rings. The summed E-state index contributed by atoms with van der Waals surface area (Å²) in [6.07, 6.45) is 1.98. The van der Waals surface area contributed by atoms with Crippen molar-refractivity contribution < 1.29 is 5.11 Å². The first-order valence-electron chi connectivity index (χ1n) is 5.79. The lowest BCUT2D eigenvalue weighted by Crippen LogP contribution is -2.13. The van der Waals surface area contributed by atoms with Gasteiger partial charge in [-0.1, -0.05) is 12.1 Å². The molecular weight excluding hydrogens is 214 g/mol. The predicted octanol–water partition coefficient (Wildman–Crippen LogP) is 1.90. The van der Waals surface area contributed by atoms with Gasteiger partial charge in [0.05, 0.1) is 5.69 Å². The molecule has 17 heavy (non-hydrogen) atoms. The molecule has 0 unspecified atom stereocenters. The third-order valence-corrected chi connectivity index (χ3v) is 2.59. The third kappa shape index (κ3) is 3.32. The van der Waals surface area contributed by atoms with Crippen molar-refractivity contribution in [2.24, 2.45) is 0 Å². The van der Waals surface area contributed by atoms with Gasteiger partial charge >= 0.3 is 0 Å². The van der Waals surface area contributed by atoms with E-state index in [1.54, 1.807) is 12.1 Å². The van der Waals surface area contributed by atoms with E-state index in [1.165, 1.54) is 0 Å². The zero-order chi connectivity index (χ0) is 12.1. The fourth-order valence-corrected chi connectivity index (χ4v) is 1.62. The highest BCUT2D eigenvalue weighted by molar-refractivity contribution is 5.25. The second-order valence-corrected chi connectivity index (χ2v) is 3.93. The number of phenols is 1. The molecule has 0 saturated heterocycles. The fraction of sp³-hybridized carbons (Fsp3) is 0.308. The standard InChI is InChI=1S/C13H17N3O/c1-2-16-8-7-12(15-16)10-14-9-11-3-5-13(17)6-4-11/h3-8,14,17H,2,9-10H2,1H3. The van der Waals surface area contributed by atoms with Gasteiger partial charge in [0.1, 0.15) is 5.75 Å². The summed E-state index contributed by atoms with van der Waals surface area (Å²) >= 11 is 0. The van der Waals surface area contributed by atoms with Crippen LogP contribution in [-0.4, -0.2) is 14.9 Å². The number of rotatable bonds is 5. The predicted molar refractivity (Wildman–Crippen MR) is 66.6 cm³/mol. The molecule has 90 valence electrons. The number of phenolic OH excluding ortho intramolecular Hbond substituents is 1. The van der Waals surface area contributed by atoms with E-state index < -0.39 is 0 Å². The van der Waals surface area contributed by atoms with Crippen LogP contribution in [0.5, 0.6) is 5.75 Å². The van der Waals surface area contributed by atoms with Crippen LogP contribution in [0.2, 0.25) is 0 Å². The average molecular weight is 231 g/mol. The van der Waals surface area contributed by atoms with Crippen molar-refractivity contribution >= 4 is 0 Å². The SMILES string of the molecule is CCn1ccc(CNCc2ccc(O)cc2)n1. The van der Waals surface area contributed by atoms with Crippen LogP contribution in [0.4, 0.5) is 0 Å². The van der Waals surface area contributed by atoms with Crippen molar-refractivity contribution in [3.8, 4) is 5.75 Å². The Morgan fingerprint density at radius 2 is 1.94 bits per heavy atom. The topological polar surface area (TPSA) is 50.1 Å². The molecule has 0 bridgehead atoms. The highest BCUT2D eigenvalue weighted by Gasteiger charge is 1.98. The molecule has 0 amide bonds. The highest BCUT2D eigenvalue weighted by atomic mass is 16.3. The molecule has 0 fully saturated rings. The molecule has 4 nitrogen and oxygen atoms in total. The molecule has 1 aromatic heterocycles. The van der Waals surface area contributed by atoms with Gasteiger partial charge in [-0.2, -0.15) is 5.10 Å². The maximum Gasteiger partial charge on any atom is 0.115 e. The van der Waals surface area contributed by atoms with Crippen molar-refractivity contribution in [2.75, 3.05) is 0 Å². The summed E-state index contributed by atoms with van der Waals surface area (Å²) in [6, 6.07) is 9.24. The Morgan fingerprint density at radius 3 is 2.59 bits per heavy atom. The second kappa shape index (κ2) is 5.50. The smallest absolute Gasteiger partial charge is 0.115 e. The van der Waals surface area contributed by atoms with Gasteiger partial charge in [0.15, 0.2) is 0 Å². The summed E-state index contributed by atoms with van der Waals surface area (Å²) in [4.78, 5) is 0. The first-order valence-corrected chi connectivity index (χ1v) is 5.79. The molecule has 2 rings (SSSR count). The van der Waals surface area contributed by atoms with E-state index >= 15 is 0 Å². The molecule has 0 spiro atoms. The maximum absolute atomic E-state index is 9.16. The number of aromatic nitrogens is 2. The van der Waals surface area contributed by atoms with Gasteiger partial charge in [-0.3, -0.25) is 4.68 Å². The van der Waals surface area contributed by atoms with Crippen LogP contribution in [0, 0.1) is 0 Å². The first kappa shape index (κ1) is 11.7. The Balaban J connectivity index is 1.81. The largest absolute Gasteiger partial charge is 0.508 e. The summed E-state index contributed by atoms with van der Waals surface area (Å²) in [7, 11) is 0. The maximum atomic E-state index is 9.16. The number of aryl methyl sites for hydroxylation is 1. The Labute approximate surface area is 101 Å². The van der Waals surface area contributed by atoms with Gasteiger partial charge in [0.2, 0.25) is 0 Å². The van der Waals surface area contributed by atoms with Crippen LogP contribution in [0.25, 0.3) is 0 Å². The Bertz CT molecular complexity index is 462. The van der Waals surface area contributed by atoms with Gasteiger partial charge in [-0.15, -0.1) is 0 Å². The molecule has 2 aromatic rings. The van der Waals surface area contributed by atoms with Gasteiger partial charge < -0.3 is 10.4 Å². The number of nitrogens with zero attached hydrogens (tertiary/aromatic N) is 2. The summed E-state index contributed by atoms with van der Waals surface area (Å²) in [5.41, 5.74) is 2.20. The van der Waals surface area contributed by atoms with Crippen molar-refractivity contribution in [2.45, 2.75) is 26.6 Å². The first-order chi connectivity index (χ1) is 8.28. The number of nitrogens with one attached hydrogen (secondary N) is 1. The normalized spacial score (nSPS) is 10.6. The van der Waals surface area contributed by atoms with Gasteiger partial charge in [0.25, 0.3) is 0 Å². The molecule has 0 atom stereocenters. The average Bonchev–Trinajstić information content (AvgIpc) is 2.80. The molecule has 1 aromatic carbocycles. The van der Waals surface area contributed by atoms with Crippen molar-refractivity contribution in [3.05, 3.63) is 47.8 Å². The number of aromatic hydroxyl groups is 1. The molecule has 1 heterocycles. The third-order valence-electron chi connectivity index (χ3n) is 2.59. The van der Waals surface area contributed by atoms with E-state index in [1.807, 2.05) is 29.1 Å². The zero-order valence-corrected chi connectivity index (χ0v) is 9.93. The molecule has 0 aliphatic carbocycles. The van der Waals surface area contributed by atoms with Crippen LogP contribution in [0.3, 0.4) is 0 Å². The van der Waals surface area contributed by atoms with Crippen LogP contribution >= 0.6 is 0 Å². The molecule has 4 heteroatoms. The quantitative estimate of drug-likeness (QED) is 0.826. The van der Waals surface area contributed by atoms with E-state index in [0.29, 0.717) is 5.75 Å². The van der Waals surface area contributed by atoms with Crippen LogP contribution in [0.1, 0.15) is 18.2 Å². The lowest BCUT2D eigenvalue weighted by atomic mass is 10.2. The van der Waals surface area contributed by atoms with Gasteiger partial charge in [-0.05, 0) is 30.7 Å². The second-order valence-electron chi connectivity index (χ2n) is 3.93. The minimum absolute atomic E-state index is 0.301. The summed E-state index contributed by atoms with van der Waals surface area (Å²) in [6.45, 7) is 4.51. The van der Waals surface area contributed by atoms with Crippen molar-refractivity contribution in [1.29, 1.82) is 0 Å². The van der Waals surface area contributed by atoms with Crippen LogP contribution in [-0.2, 0) is 19.6 Å². The number of benzene rings is 1. The molecule has 0 radical (unpaired) electrons. The Kier molecular flexibility index (Phi) is 3.77. The fourth-order valence-electron chi connectivity index (χ4n) is 1.62. The Morgan fingerprint density at radius 1 is 1.18 bits per heavy atom. The lowest BCUT2D eigenvalue weighted by Gasteiger charge is -2.03. The zero-order valence-electron chi connectivity index (χ0n) is 9.93. The van der Waals surface area contributed by atoms with E-state index in [-0.39, 0.29) is 0 Å². The summed E-state index contributed by atoms with van der Waals surface area (Å²) < 4.78 is 1.91. The van der Waals surface area contributed by atoms with E-state index in [0.717, 1.165) is 30.9 Å². The number of hydrogen-bond acceptors (Lipinski definition) is 3. The minimum atomic E-state index is 0.301. The highest BCUT2D eigenvalue weighted by Crippen LogP contribution is 2.09. The van der Waals surface area contributed by atoms with Crippen molar-refractivity contribution in [3.63, 3.8) is 0 Å². The van der Waals surface area contributed by atoms with E-state index in [2.05, 4.69) is 17.3 Å². The molecule has 2 N–H and O–H groups in total.